The van der Waals surface area contributed by atoms with Crippen LogP contribution >= 0.6 is 0 Å². The van der Waals surface area contributed by atoms with Gasteiger partial charge in [0.05, 0.1) is 24.3 Å². The van der Waals surface area contributed by atoms with Gasteiger partial charge in [-0.3, -0.25) is 4.79 Å². The van der Waals surface area contributed by atoms with E-state index in [1.165, 1.54) is 24.3 Å². The van der Waals surface area contributed by atoms with Crippen LogP contribution in [0.15, 0.2) is 77.6 Å². The second-order valence-corrected chi connectivity index (χ2v) is 10.8. The van der Waals surface area contributed by atoms with Crippen molar-refractivity contribution in [1.82, 2.24) is 15.6 Å². The fraction of sp³-hybridized carbons (Fsp3) is 0.353. The minimum Gasteiger partial charge on any atom is -0.506 e. The number of ether oxygens (including phenoxy) is 1. The normalized spacial score (nSPS) is 12.6. The third-order valence-electron chi connectivity index (χ3n) is 7.51. The number of hydrogen-bond donors (Lipinski definition) is 6. The second-order valence-electron chi connectivity index (χ2n) is 10.8. The van der Waals surface area contributed by atoms with E-state index in [9.17, 15) is 29.3 Å². The number of rotatable bonds is 17. The van der Waals surface area contributed by atoms with Crippen molar-refractivity contribution >= 4 is 17.0 Å². The van der Waals surface area contributed by atoms with Crippen LogP contribution in [-0.4, -0.2) is 46.1 Å². The summed E-state index contributed by atoms with van der Waals surface area (Å²) in [4.78, 5) is 25.6. The largest absolute Gasteiger partial charge is 0.506 e. The van der Waals surface area contributed by atoms with Crippen LogP contribution in [0, 0.1) is 5.82 Å². The van der Waals surface area contributed by atoms with Gasteiger partial charge in [0.15, 0.2) is 0 Å². The summed E-state index contributed by atoms with van der Waals surface area (Å²) in [6.07, 6.45) is 5.45. The molecule has 0 aliphatic carbocycles. The molecule has 0 radical (unpaired) electrons. The van der Waals surface area contributed by atoms with Crippen LogP contribution in [-0.2, 0) is 0 Å². The minimum absolute atomic E-state index is 0.0245. The van der Waals surface area contributed by atoms with Crippen molar-refractivity contribution in [1.29, 1.82) is 0 Å². The number of pyridine rings is 1. The van der Waals surface area contributed by atoms with Crippen molar-refractivity contribution < 1.29 is 29.2 Å². The van der Waals surface area contributed by atoms with Crippen LogP contribution in [0.4, 0.5) is 9.18 Å². The number of unbranched alkanes of at least 4 members (excludes halogenated alkanes) is 6. The number of aromatic nitrogens is 1. The Morgan fingerprint density at radius 3 is 2.34 bits per heavy atom. The van der Waals surface area contributed by atoms with Gasteiger partial charge in [0.2, 0.25) is 5.56 Å². The van der Waals surface area contributed by atoms with Crippen LogP contribution < -0.4 is 20.9 Å². The van der Waals surface area contributed by atoms with Gasteiger partial charge in [0.1, 0.15) is 17.3 Å². The maximum atomic E-state index is 13.8. The molecule has 1 unspecified atom stereocenters. The lowest BCUT2D eigenvalue weighted by molar-refractivity contribution is 0.176. The van der Waals surface area contributed by atoms with E-state index in [2.05, 4.69) is 15.6 Å². The molecule has 1 amide bonds. The number of nitrogens with one attached hydrogen (secondary N) is 3. The van der Waals surface area contributed by atoms with Crippen LogP contribution in [0.2, 0.25) is 0 Å². The number of carbonyl (C=O) groups is 1. The molecule has 2 atom stereocenters. The fourth-order valence-electron chi connectivity index (χ4n) is 5.28. The summed E-state index contributed by atoms with van der Waals surface area (Å²) in [5.74, 6) is 0.186. The Kier molecular flexibility index (Phi) is 12.1. The van der Waals surface area contributed by atoms with Gasteiger partial charge in [0, 0.05) is 18.0 Å². The Balaban J connectivity index is 1.08. The number of aromatic hydroxyl groups is 1. The molecule has 0 bridgehead atoms. The number of aliphatic hydroxyl groups excluding tert-OH is 1. The zero-order valence-electron chi connectivity index (χ0n) is 24.6. The molecular formula is C34H40FN3O6. The average molecular weight is 606 g/mol. The molecule has 3 aromatic carbocycles. The number of halogens is 1. The Morgan fingerprint density at radius 1 is 0.886 bits per heavy atom. The van der Waals surface area contributed by atoms with Gasteiger partial charge in [-0.1, -0.05) is 62.4 Å². The van der Waals surface area contributed by atoms with Gasteiger partial charge in [-0.05, 0) is 72.5 Å². The summed E-state index contributed by atoms with van der Waals surface area (Å²) < 4.78 is 19.7. The van der Waals surface area contributed by atoms with E-state index in [4.69, 9.17) is 4.74 Å². The van der Waals surface area contributed by atoms with Gasteiger partial charge in [0.25, 0.3) is 0 Å². The van der Waals surface area contributed by atoms with Crippen molar-refractivity contribution in [2.75, 3.05) is 19.7 Å². The van der Waals surface area contributed by atoms with E-state index < -0.39 is 24.1 Å². The topological polar surface area (TPSA) is 144 Å². The van der Waals surface area contributed by atoms with Crippen molar-refractivity contribution in [2.24, 2.45) is 0 Å². The zero-order chi connectivity index (χ0) is 31.3. The molecule has 0 saturated heterocycles. The van der Waals surface area contributed by atoms with Crippen molar-refractivity contribution in [3.8, 4) is 11.5 Å². The molecule has 44 heavy (non-hydrogen) atoms. The van der Waals surface area contributed by atoms with E-state index in [1.807, 2.05) is 6.07 Å². The van der Waals surface area contributed by atoms with Crippen LogP contribution in [0.5, 0.6) is 11.5 Å². The number of fused-ring (bicyclic) bond motifs is 1. The summed E-state index contributed by atoms with van der Waals surface area (Å²) in [5, 5.41) is 36.3. The molecule has 0 aliphatic rings. The van der Waals surface area contributed by atoms with Gasteiger partial charge < -0.3 is 35.7 Å². The summed E-state index contributed by atoms with van der Waals surface area (Å²) in [5.41, 5.74) is 1.86. The van der Waals surface area contributed by atoms with Crippen LogP contribution in [0.1, 0.15) is 73.8 Å². The molecule has 0 fully saturated rings. The SMILES string of the molecule is O=C(O)NC(c1cccc(F)c1)c1cccc(OCCCCCCCCCNC[C@@H](O)c2ccc(O)c3[nH]c(=O)ccc23)c1. The third-order valence-corrected chi connectivity index (χ3v) is 7.51. The maximum absolute atomic E-state index is 13.8. The fourth-order valence-corrected chi connectivity index (χ4v) is 5.28. The van der Waals surface area contributed by atoms with E-state index in [0.29, 0.717) is 46.5 Å². The summed E-state index contributed by atoms with van der Waals surface area (Å²) in [6.45, 7) is 1.72. The smallest absolute Gasteiger partial charge is 0.405 e. The minimum atomic E-state index is -1.19. The Labute approximate surface area is 255 Å². The highest BCUT2D eigenvalue weighted by Gasteiger charge is 2.18. The van der Waals surface area contributed by atoms with Gasteiger partial charge in [-0.2, -0.15) is 0 Å². The van der Waals surface area contributed by atoms with Crippen molar-refractivity contribution in [3.05, 3.63) is 106 Å². The van der Waals surface area contributed by atoms with Crippen LogP contribution in [0.3, 0.4) is 0 Å². The molecule has 1 aromatic heterocycles. The first-order valence-corrected chi connectivity index (χ1v) is 15.0. The first-order valence-electron chi connectivity index (χ1n) is 15.0. The van der Waals surface area contributed by atoms with E-state index in [-0.39, 0.29) is 11.3 Å². The molecule has 0 aliphatic heterocycles. The molecule has 4 aromatic rings. The first kappa shape index (κ1) is 32.5. The number of phenolic OH excluding ortho intramolecular Hbond substituents is 1. The molecular weight excluding hydrogens is 565 g/mol. The van der Waals surface area contributed by atoms with E-state index in [0.717, 1.165) is 51.5 Å². The molecule has 234 valence electrons. The Hall–Kier alpha value is -4.41. The highest BCUT2D eigenvalue weighted by Crippen LogP contribution is 2.29. The first-order chi connectivity index (χ1) is 21.3. The molecule has 4 rings (SSSR count). The number of carboxylic acid groups (broad SMARTS) is 1. The average Bonchev–Trinajstić information content (AvgIpc) is 3.00. The maximum Gasteiger partial charge on any atom is 0.405 e. The zero-order valence-corrected chi connectivity index (χ0v) is 24.6. The van der Waals surface area contributed by atoms with Gasteiger partial charge in [-0.15, -0.1) is 0 Å². The second kappa shape index (κ2) is 16.4. The summed E-state index contributed by atoms with van der Waals surface area (Å²) >= 11 is 0. The molecule has 6 N–H and O–H groups in total. The molecule has 0 spiro atoms. The van der Waals surface area contributed by atoms with Crippen molar-refractivity contribution in [2.45, 2.75) is 57.1 Å². The van der Waals surface area contributed by atoms with Crippen LogP contribution in [0.25, 0.3) is 10.9 Å². The molecule has 1 heterocycles. The van der Waals surface area contributed by atoms with Gasteiger partial charge in [-0.25, -0.2) is 9.18 Å². The number of aromatic amines is 1. The lowest BCUT2D eigenvalue weighted by Gasteiger charge is -2.19. The molecule has 9 nitrogen and oxygen atoms in total. The Bertz CT molecular complexity index is 1580. The monoisotopic (exact) mass is 605 g/mol. The number of aliphatic hydroxyl groups is 1. The Morgan fingerprint density at radius 2 is 1.59 bits per heavy atom. The number of phenols is 1. The number of benzene rings is 3. The number of hydrogen-bond acceptors (Lipinski definition) is 6. The highest BCUT2D eigenvalue weighted by atomic mass is 19.1. The van der Waals surface area contributed by atoms with Gasteiger partial charge >= 0.3 is 6.09 Å². The summed E-state index contributed by atoms with van der Waals surface area (Å²) in [6, 6.07) is 18.5. The lowest BCUT2D eigenvalue weighted by Crippen LogP contribution is -2.27. The van der Waals surface area contributed by atoms with E-state index in [1.54, 1.807) is 42.5 Å². The molecule has 0 saturated carbocycles. The number of amides is 1. The van der Waals surface area contributed by atoms with E-state index >= 15 is 0 Å². The standard InChI is InChI=1S/C34H40FN3O6/c35-25-12-8-10-23(20-25)32(38-34(42)43)24-11-9-13-26(21-24)44-19-7-5-3-1-2-4-6-18-36-22-30(40)27-14-16-29(39)33-28(27)15-17-31(41)37-33/h8-17,20-21,30,32,36,38-40H,1-7,18-19,22H2,(H,37,41)(H,42,43)/t30-,32?/m1/s1. The predicted molar refractivity (Wildman–Crippen MR) is 168 cm³/mol. The third kappa shape index (κ3) is 9.55. The molecule has 10 heteroatoms. The highest BCUT2D eigenvalue weighted by molar-refractivity contribution is 5.87. The number of H-pyrrole nitrogens is 1. The quantitative estimate of drug-likeness (QED) is 0.0791. The van der Waals surface area contributed by atoms with Crippen molar-refractivity contribution in [3.63, 3.8) is 0 Å². The predicted octanol–water partition coefficient (Wildman–Crippen LogP) is 6.16. The summed E-state index contributed by atoms with van der Waals surface area (Å²) in [7, 11) is 0. The lowest BCUT2D eigenvalue weighted by atomic mass is 9.98.